The summed E-state index contributed by atoms with van der Waals surface area (Å²) in [7, 11) is 0. The van der Waals surface area contributed by atoms with E-state index in [9.17, 15) is 4.79 Å². The van der Waals surface area contributed by atoms with E-state index in [-0.39, 0.29) is 12.1 Å². The van der Waals surface area contributed by atoms with E-state index in [0.717, 1.165) is 19.4 Å². The van der Waals surface area contributed by atoms with Crippen LogP contribution in [0.15, 0.2) is 12.2 Å². The maximum absolute atomic E-state index is 11.8. The standard InChI is InChI=1S/C12H21NO2/c1-5-7-10-8-6-9-13(10)11(14)15-12(2,3)4/h5,7,10H,6,8-9H2,1-4H3/b7-5+/t10-/m0/s1. The highest BCUT2D eigenvalue weighted by molar-refractivity contribution is 5.69. The summed E-state index contributed by atoms with van der Waals surface area (Å²) < 4.78 is 5.35. The van der Waals surface area contributed by atoms with Gasteiger partial charge in [-0.25, -0.2) is 4.79 Å². The van der Waals surface area contributed by atoms with Gasteiger partial charge >= 0.3 is 6.09 Å². The van der Waals surface area contributed by atoms with Crippen LogP contribution in [0.3, 0.4) is 0 Å². The molecule has 1 aliphatic rings. The fourth-order valence-corrected chi connectivity index (χ4v) is 1.76. The first-order valence-corrected chi connectivity index (χ1v) is 5.56. The number of hydrogen-bond donors (Lipinski definition) is 0. The minimum atomic E-state index is -0.403. The number of nitrogens with zero attached hydrogens (tertiary/aromatic N) is 1. The van der Waals surface area contributed by atoms with Crippen LogP contribution in [0.1, 0.15) is 40.5 Å². The van der Waals surface area contributed by atoms with Gasteiger partial charge in [0.05, 0.1) is 6.04 Å². The molecule has 0 N–H and O–H groups in total. The van der Waals surface area contributed by atoms with Crippen molar-refractivity contribution in [2.45, 2.75) is 52.2 Å². The van der Waals surface area contributed by atoms with Gasteiger partial charge in [0.1, 0.15) is 5.60 Å². The largest absolute Gasteiger partial charge is 0.444 e. The predicted octanol–water partition coefficient (Wildman–Crippen LogP) is 2.96. The first kappa shape index (κ1) is 12.1. The number of hydrogen-bond acceptors (Lipinski definition) is 2. The molecule has 0 radical (unpaired) electrons. The Balaban J connectivity index is 2.59. The molecule has 0 aromatic heterocycles. The maximum atomic E-state index is 11.8. The maximum Gasteiger partial charge on any atom is 0.410 e. The van der Waals surface area contributed by atoms with Crippen LogP contribution >= 0.6 is 0 Å². The third-order valence-corrected chi connectivity index (χ3v) is 2.34. The highest BCUT2D eigenvalue weighted by Crippen LogP contribution is 2.21. The third kappa shape index (κ3) is 3.57. The number of ether oxygens (including phenoxy) is 1. The predicted molar refractivity (Wildman–Crippen MR) is 60.8 cm³/mol. The van der Waals surface area contributed by atoms with E-state index >= 15 is 0 Å². The normalized spacial score (nSPS) is 22.4. The Labute approximate surface area is 92.1 Å². The Morgan fingerprint density at radius 1 is 1.47 bits per heavy atom. The minimum Gasteiger partial charge on any atom is -0.444 e. The Bertz CT molecular complexity index is 253. The van der Waals surface area contributed by atoms with Crippen molar-refractivity contribution in [1.29, 1.82) is 0 Å². The fraction of sp³-hybridized carbons (Fsp3) is 0.750. The molecule has 3 heteroatoms. The molecular weight excluding hydrogens is 190 g/mol. The van der Waals surface area contributed by atoms with Gasteiger partial charge in [0.25, 0.3) is 0 Å². The second-order valence-electron chi connectivity index (χ2n) is 4.91. The van der Waals surface area contributed by atoms with E-state index < -0.39 is 5.60 Å². The van der Waals surface area contributed by atoms with Crippen LogP contribution in [0.25, 0.3) is 0 Å². The molecule has 1 rings (SSSR count). The monoisotopic (exact) mass is 211 g/mol. The summed E-state index contributed by atoms with van der Waals surface area (Å²) in [5.41, 5.74) is -0.403. The van der Waals surface area contributed by atoms with Crippen molar-refractivity contribution >= 4 is 6.09 Å². The molecule has 0 saturated carbocycles. The summed E-state index contributed by atoms with van der Waals surface area (Å²) >= 11 is 0. The SMILES string of the molecule is C/C=C/[C@H]1CCCN1C(=O)OC(C)(C)C. The summed E-state index contributed by atoms with van der Waals surface area (Å²) in [6, 6.07) is 0.227. The summed E-state index contributed by atoms with van der Waals surface area (Å²) in [4.78, 5) is 13.6. The van der Waals surface area contributed by atoms with Crippen LogP contribution in [0.5, 0.6) is 0 Å². The van der Waals surface area contributed by atoms with Crippen LogP contribution in [-0.2, 0) is 4.74 Å². The van der Waals surface area contributed by atoms with Gasteiger partial charge < -0.3 is 9.64 Å². The van der Waals surface area contributed by atoms with Crippen LogP contribution in [-0.4, -0.2) is 29.2 Å². The van der Waals surface area contributed by atoms with Crippen molar-refractivity contribution in [3.63, 3.8) is 0 Å². The number of amides is 1. The molecule has 0 bridgehead atoms. The van der Waals surface area contributed by atoms with E-state index in [2.05, 4.69) is 6.08 Å². The highest BCUT2D eigenvalue weighted by Gasteiger charge is 2.30. The van der Waals surface area contributed by atoms with Crippen molar-refractivity contribution in [3.8, 4) is 0 Å². The lowest BCUT2D eigenvalue weighted by Crippen LogP contribution is -2.39. The third-order valence-electron chi connectivity index (χ3n) is 2.34. The molecule has 0 aromatic rings. The number of allylic oxidation sites excluding steroid dienone is 1. The molecule has 1 saturated heterocycles. The Kier molecular flexibility index (Phi) is 3.77. The second-order valence-corrected chi connectivity index (χ2v) is 4.91. The lowest BCUT2D eigenvalue weighted by Gasteiger charge is -2.27. The Hall–Kier alpha value is -0.990. The average molecular weight is 211 g/mol. The summed E-state index contributed by atoms with van der Waals surface area (Å²) in [6.45, 7) is 8.47. The molecule has 1 fully saturated rings. The molecule has 0 aromatic carbocycles. The molecular formula is C12H21NO2. The van der Waals surface area contributed by atoms with Crippen molar-refractivity contribution in [3.05, 3.63) is 12.2 Å². The molecule has 0 unspecified atom stereocenters. The summed E-state index contributed by atoms with van der Waals surface area (Å²) in [6.07, 6.45) is 5.98. The topological polar surface area (TPSA) is 29.5 Å². The molecule has 0 aliphatic carbocycles. The lowest BCUT2D eigenvalue weighted by atomic mass is 10.2. The van der Waals surface area contributed by atoms with Gasteiger partial charge in [0.15, 0.2) is 0 Å². The zero-order valence-electron chi connectivity index (χ0n) is 10.1. The van der Waals surface area contributed by atoms with Gasteiger partial charge in [0, 0.05) is 6.54 Å². The first-order chi connectivity index (χ1) is 6.94. The Morgan fingerprint density at radius 2 is 2.13 bits per heavy atom. The van der Waals surface area contributed by atoms with Crippen molar-refractivity contribution < 1.29 is 9.53 Å². The molecule has 1 heterocycles. The van der Waals surface area contributed by atoms with Crippen LogP contribution in [0.2, 0.25) is 0 Å². The van der Waals surface area contributed by atoms with Gasteiger partial charge in [-0.1, -0.05) is 12.2 Å². The summed E-state index contributed by atoms with van der Waals surface area (Å²) in [5, 5.41) is 0. The number of carbonyl (C=O) groups is 1. The Morgan fingerprint density at radius 3 is 2.67 bits per heavy atom. The molecule has 1 amide bonds. The zero-order valence-corrected chi connectivity index (χ0v) is 10.1. The van der Waals surface area contributed by atoms with Gasteiger partial charge in [-0.15, -0.1) is 0 Å². The quantitative estimate of drug-likeness (QED) is 0.624. The average Bonchev–Trinajstić information content (AvgIpc) is 2.49. The fourth-order valence-electron chi connectivity index (χ4n) is 1.76. The van der Waals surface area contributed by atoms with E-state index in [4.69, 9.17) is 4.74 Å². The summed E-state index contributed by atoms with van der Waals surface area (Å²) in [5.74, 6) is 0. The minimum absolute atomic E-state index is 0.192. The molecule has 0 spiro atoms. The molecule has 1 atom stereocenters. The van der Waals surface area contributed by atoms with E-state index in [1.807, 2.05) is 38.7 Å². The molecule has 86 valence electrons. The molecule has 3 nitrogen and oxygen atoms in total. The van der Waals surface area contributed by atoms with Gasteiger partial charge in [0.2, 0.25) is 0 Å². The van der Waals surface area contributed by atoms with Crippen LogP contribution in [0.4, 0.5) is 4.79 Å². The highest BCUT2D eigenvalue weighted by atomic mass is 16.6. The number of likely N-dealkylation sites (tertiary alicyclic amines) is 1. The second kappa shape index (κ2) is 4.69. The van der Waals surface area contributed by atoms with Crippen LogP contribution < -0.4 is 0 Å². The lowest BCUT2D eigenvalue weighted by molar-refractivity contribution is 0.0256. The van der Waals surface area contributed by atoms with Gasteiger partial charge in [-0.3, -0.25) is 0 Å². The number of rotatable bonds is 1. The van der Waals surface area contributed by atoms with E-state index in [0.29, 0.717) is 0 Å². The number of carbonyl (C=O) groups excluding carboxylic acids is 1. The van der Waals surface area contributed by atoms with E-state index in [1.54, 1.807) is 0 Å². The van der Waals surface area contributed by atoms with Gasteiger partial charge in [-0.05, 0) is 40.5 Å². The van der Waals surface area contributed by atoms with E-state index in [1.165, 1.54) is 0 Å². The molecule has 1 aliphatic heterocycles. The van der Waals surface area contributed by atoms with Crippen molar-refractivity contribution in [2.24, 2.45) is 0 Å². The van der Waals surface area contributed by atoms with Crippen molar-refractivity contribution in [2.75, 3.05) is 6.54 Å². The van der Waals surface area contributed by atoms with Gasteiger partial charge in [-0.2, -0.15) is 0 Å². The van der Waals surface area contributed by atoms with Crippen molar-refractivity contribution in [1.82, 2.24) is 4.90 Å². The molecule has 15 heavy (non-hydrogen) atoms. The van der Waals surface area contributed by atoms with Crippen LogP contribution in [0, 0.1) is 0 Å². The smallest absolute Gasteiger partial charge is 0.410 e. The zero-order chi connectivity index (χ0) is 11.5. The first-order valence-electron chi connectivity index (χ1n) is 5.56.